The Morgan fingerprint density at radius 2 is 1.92 bits per heavy atom. The number of rotatable bonds is 4. The lowest BCUT2D eigenvalue weighted by molar-refractivity contribution is -0.131. The van der Waals surface area contributed by atoms with Gasteiger partial charge in [-0.1, -0.05) is 30.3 Å². The van der Waals surface area contributed by atoms with E-state index in [4.69, 9.17) is 14.2 Å². The summed E-state index contributed by atoms with van der Waals surface area (Å²) in [6, 6.07) is 14.0. The van der Waals surface area contributed by atoms with Crippen LogP contribution in [-0.4, -0.2) is 37.3 Å². The van der Waals surface area contributed by atoms with E-state index < -0.39 is 0 Å². The Morgan fingerprint density at radius 3 is 2.80 bits per heavy atom. The first kappa shape index (κ1) is 16.0. The van der Waals surface area contributed by atoms with Gasteiger partial charge in [-0.25, -0.2) is 0 Å². The SMILES string of the molecule is CN(CC1Cc2ccccc2CO1)C(=O)Cc1ccc2c(c1)OCO2. The van der Waals surface area contributed by atoms with Crippen molar-refractivity contribution < 1.29 is 19.0 Å². The zero-order valence-corrected chi connectivity index (χ0v) is 14.2. The number of ether oxygens (including phenoxy) is 3. The minimum atomic E-state index is 0.0422. The maximum atomic E-state index is 12.5. The van der Waals surface area contributed by atoms with Crippen molar-refractivity contribution in [2.45, 2.75) is 25.6 Å². The zero-order valence-electron chi connectivity index (χ0n) is 14.2. The van der Waals surface area contributed by atoms with Crippen LogP contribution in [0.25, 0.3) is 0 Å². The third kappa shape index (κ3) is 3.46. The third-order valence-corrected chi connectivity index (χ3v) is 4.74. The molecule has 1 amide bonds. The Balaban J connectivity index is 1.35. The van der Waals surface area contributed by atoms with Gasteiger partial charge in [-0.2, -0.15) is 0 Å². The van der Waals surface area contributed by atoms with E-state index >= 15 is 0 Å². The summed E-state index contributed by atoms with van der Waals surface area (Å²) in [5, 5.41) is 0. The second-order valence-electron chi connectivity index (χ2n) is 6.54. The van der Waals surface area contributed by atoms with Crippen LogP contribution >= 0.6 is 0 Å². The van der Waals surface area contributed by atoms with Gasteiger partial charge < -0.3 is 19.1 Å². The molecule has 0 aliphatic carbocycles. The van der Waals surface area contributed by atoms with Crippen LogP contribution < -0.4 is 9.47 Å². The summed E-state index contributed by atoms with van der Waals surface area (Å²) in [6.45, 7) is 1.45. The molecule has 0 saturated carbocycles. The first-order valence-corrected chi connectivity index (χ1v) is 8.50. The lowest BCUT2D eigenvalue weighted by atomic mass is 9.99. The molecule has 2 aromatic rings. The molecule has 1 atom stereocenters. The van der Waals surface area contributed by atoms with Crippen LogP contribution in [0.2, 0.25) is 0 Å². The van der Waals surface area contributed by atoms with E-state index in [0.717, 1.165) is 17.7 Å². The fraction of sp³-hybridized carbons (Fsp3) is 0.350. The predicted molar refractivity (Wildman–Crippen MR) is 92.6 cm³/mol. The molecule has 4 rings (SSSR count). The van der Waals surface area contributed by atoms with Gasteiger partial charge in [0.1, 0.15) is 0 Å². The van der Waals surface area contributed by atoms with Crippen molar-refractivity contribution in [1.82, 2.24) is 4.90 Å². The summed E-state index contributed by atoms with van der Waals surface area (Å²) in [5.74, 6) is 1.51. The molecular formula is C20H21NO4. The third-order valence-electron chi connectivity index (χ3n) is 4.74. The summed E-state index contributed by atoms with van der Waals surface area (Å²) >= 11 is 0. The molecule has 25 heavy (non-hydrogen) atoms. The van der Waals surface area contributed by atoms with Gasteiger partial charge in [-0.15, -0.1) is 0 Å². The van der Waals surface area contributed by atoms with Crippen molar-refractivity contribution in [1.29, 1.82) is 0 Å². The Labute approximate surface area is 147 Å². The molecule has 2 aromatic carbocycles. The van der Waals surface area contributed by atoms with E-state index in [1.165, 1.54) is 11.1 Å². The molecule has 2 aliphatic rings. The number of hydrogen-bond donors (Lipinski definition) is 0. The molecule has 0 radical (unpaired) electrons. The van der Waals surface area contributed by atoms with Crippen molar-refractivity contribution in [3.63, 3.8) is 0 Å². The van der Waals surface area contributed by atoms with Gasteiger partial charge in [0.15, 0.2) is 11.5 Å². The zero-order chi connectivity index (χ0) is 17.2. The van der Waals surface area contributed by atoms with E-state index in [2.05, 4.69) is 18.2 Å². The van der Waals surface area contributed by atoms with Crippen LogP contribution in [0.3, 0.4) is 0 Å². The molecule has 0 saturated heterocycles. The van der Waals surface area contributed by atoms with Crippen LogP contribution in [0.4, 0.5) is 0 Å². The fourth-order valence-corrected chi connectivity index (χ4v) is 3.29. The van der Waals surface area contributed by atoms with Crippen molar-refractivity contribution >= 4 is 5.91 Å². The van der Waals surface area contributed by atoms with E-state index in [-0.39, 0.29) is 18.8 Å². The minimum Gasteiger partial charge on any atom is -0.454 e. The number of nitrogens with zero attached hydrogens (tertiary/aromatic N) is 1. The quantitative estimate of drug-likeness (QED) is 0.859. The van der Waals surface area contributed by atoms with Crippen molar-refractivity contribution in [2.75, 3.05) is 20.4 Å². The highest BCUT2D eigenvalue weighted by atomic mass is 16.7. The molecule has 0 bridgehead atoms. The molecule has 0 aromatic heterocycles. The number of amides is 1. The first-order valence-electron chi connectivity index (χ1n) is 8.50. The largest absolute Gasteiger partial charge is 0.454 e. The smallest absolute Gasteiger partial charge is 0.231 e. The fourth-order valence-electron chi connectivity index (χ4n) is 3.29. The number of hydrogen-bond acceptors (Lipinski definition) is 4. The molecule has 5 heteroatoms. The molecule has 0 fully saturated rings. The maximum absolute atomic E-state index is 12.5. The van der Waals surface area contributed by atoms with Crippen molar-refractivity contribution in [3.8, 4) is 11.5 Å². The Kier molecular flexibility index (Phi) is 4.32. The van der Waals surface area contributed by atoms with Crippen molar-refractivity contribution in [2.24, 2.45) is 0 Å². The molecule has 0 N–H and O–H groups in total. The Bertz CT molecular complexity index is 789. The first-order chi connectivity index (χ1) is 12.2. The van der Waals surface area contributed by atoms with Gasteiger partial charge in [-0.3, -0.25) is 4.79 Å². The highest BCUT2D eigenvalue weighted by molar-refractivity contribution is 5.78. The van der Waals surface area contributed by atoms with Gasteiger partial charge >= 0.3 is 0 Å². The highest BCUT2D eigenvalue weighted by Crippen LogP contribution is 2.32. The summed E-state index contributed by atoms with van der Waals surface area (Å²) in [5.41, 5.74) is 3.49. The summed E-state index contributed by atoms with van der Waals surface area (Å²) in [6.07, 6.45) is 1.23. The normalized spacial score (nSPS) is 17.9. The highest BCUT2D eigenvalue weighted by Gasteiger charge is 2.22. The average Bonchev–Trinajstić information content (AvgIpc) is 3.09. The number of carbonyl (C=O) groups excluding carboxylic acids is 1. The molecule has 130 valence electrons. The van der Waals surface area contributed by atoms with E-state index in [1.54, 1.807) is 4.90 Å². The van der Waals surface area contributed by atoms with E-state index in [9.17, 15) is 4.79 Å². The lowest BCUT2D eigenvalue weighted by Crippen LogP contribution is -2.38. The number of likely N-dealkylation sites (N-methyl/N-ethyl adjacent to an activating group) is 1. The van der Waals surface area contributed by atoms with Gasteiger partial charge in [-0.05, 0) is 28.8 Å². The van der Waals surface area contributed by atoms with Crippen LogP contribution in [0.5, 0.6) is 11.5 Å². The van der Waals surface area contributed by atoms with Crippen LogP contribution in [0.1, 0.15) is 16.7 Å². The second-order valence-corrected chi connectivity index (χ2v) is 6.54. The monoisotopic (exact) mass is 339 g/mol. The molecular weight excluding hydrogens is 318 g/mol. The summed E-state index contributed by atoms with van der Waals surface area (Å²) in [4.78, 5) is 14.3. The molecule has 1 unspecified atom stereocenters. The van der Waals surface area contributed by atoms with E-state index in [0.29, 0.717) is 25.3 Å². The molecule has 2 aliphatic heterocycles. The molecule has 2 heterocycles. The standard InChI is InChI=1S/C20H21NO4/c1-21(11-17-10-15-4-2-3-5-16(15)12-23-17)20(22)9-14-6-7-18-19(8-14)25-13-24-18/h2-8,17H,9-13H2,1H3. The number of carbonyl (C=O) groups is 1. The number of fused-ring (bicyclic) bond motifs is 2. The minimum absolute atomic E-state index is 0.0422. The van der Waals surface area contributed by atoms with Gasteiger partial charge in [0.2, 0.25) is 12.7 Å². The molecule has 5 nitrogen and oxygen atoms in total. The van der Waals surface area contributed by atoms with Crippen molar-refractivity contribution in [3.05, 3.63) is 59.2 Å². The lowest BCUT2D eigenvalue weighted by Gasteiger charge is -2.29. The topological polar surface area (TPSA) is 48.0 Å². The van der Waals surface area contributed by atoms with Gasteiger partial charge in [0, 0.05) is 20.0 Å². The summed E-state index contributed by atoms with van der Waals surface area (Å²) < 4.78 is 16.6. The van der Waals surface area contributed by atoms with Crippen LogP contribution in [0.15, 0.2) is 42.5 Å². The molecule has 0 spiro atoms. The Hall–Kier alpha value is -2.53. The maximum Gasteiger partial charge on any atom is 0.231 e. The predicted octanol–water partition coefficient (Wildman–Crippen LogP) is 2.56. The number of benzene rings is 2. The van der Waals surface area contributed by atoms with Gasteiger partial charge in [0.05, 0.1) is 19.1 Å². The second kappa shape index (κ2) is 6.76. The Morgan fingerprint density at radius 1 is 1.12 bits per heavy atom. The summed E-state index contributed by atoms with van der Waals surface area (Å²) in [7, 11) is 1.83. The van der Waals surface area contributed by atoms with Crippen LogP contribution in [0, 0.1) is 0 Å². The van der Waals surface area contributed by atoms with Gasteiger partial charge in [0.25, 0.3) is 0 Å². The van der Waals surface area contributed by atoms with Crippen LogP contribution in [-0.2, 0) is 29.0 Å². The average molecular weight is 339 g/mol. The van der Waals surface area contributed by atoms with E-state index in [1.807, 2.05) is 31.3 Å².